The molecule has 1 heterocycles. The van der Waals surface area contributed by atoms with Gasteiger partial charge in [0, 0.05) is 12.2 Å². The number of nitrogens with one attached hydrogen (secondary N) is 1. The maximum atomic E-state index is 11.6. The fourth-order valence-electron chi connectivity index (χ4n) is 2.37. The van der Waals surface area contributed by atoms with Crippen LogP contribution in [0.5, 0.6) is 0 Å². The van der Waals surface area contributed by atoms with Crippen LogP contribution >= 0.6 is 0 Å². The normalized spacial score (nSPS) is 18.8. The van der Waals surface area contributed by atoms with Crippen LogP contribution in [-0.2, 0) is 9.53 Å². The fourth-order valence-corrected chi connectivity index (χ4v) is 2.37. The van der Waals surface area contributed by atoms with E-state index in [1.165, 1.54) is 11.3 Å². The van der Waals surface area contributed by atoms with Crippen molar-refractivity contribution in [1.29, 1.82) is 0 Å². The fraction of sp³-hybridized carbons (Fsp3) is 0.500. The Morgan fingerprint density at radius 3 is 3.12 bits per heavy atom. The van der Waals surface area contributed by atoms with Crippen molar-refractivity contribution in [3.63, 3.8) is 0 Å². The average Bonchev–Trinajstić information content (AvgIpc) is 2.53. The largest absolute Gasteiger partial charge is 0.466 e. The number of rotatable bonds is 3. The summed E-state index contributed by atoms with van der Waals surface area (Å²) < 4.78 is 5.04. The molecule has 3 nitrogen and oxygen atoms in total. The number of fused-ring (bicyclic) bond motifs is 1. The molecule has 0 amide bonds. The molecule has 17 heavy (non-hydrogen) atoms. The number of hydrogen-bond acceptors (Lipinski definition) is 3. The highest BCUT2D eigenvalue weighted by Gasteiger charge is 2.21. The van der Waals surface area contributed by atoms with Gasteiger partial charge in [0.05, 0.1) is 13.0 Å². The summed E-state index contributed by atoms with van der Waals surface area (Å²) in [5, 5.41) is 3.41. The van der Waals surface area contributed by atoms with Gasteiger partial charge < -0.3 is 10.1 Å². The molecule has 1 aliphatic rings. The van der Waals surface area contributed by atoms with E-state index in [2.05, 4.69) is 17.4 Å². The predicted molar refractivity (Wildman–Crippen MR) is 68.2 cm³/mol. The summed E-state index contributed by atoms with van der Waals surface area (Å²) in [5.74, 6) is 0.203. The molecule has 3 heteroatoms. The molecule has 2 rings (SSSR count). The molecule has 0 bridgehead atoms. The van der Waals surface area contributed by atoms with Gasteiger partial charge in [-0.15, -0.1) is 0 Å². The Morgan fingerprint density at radius 2 is 2.29 bits per heavy atom. The second-order valence-corrected chi connectivity index (χ2v) is 4.36. The van der Waals surface area contributed by atoms with Crippen LogP contribution in [0.25, 0.3) is 0 Å². The van der Waals surface area contributed by atoms with Crippen LogP contribution < -0.4 is 5.32 Å². The molecule has 0 saturated carbocycles. The van der Waals surface area contributed by atoms with Gasteiger partial charge in [0.15, 0.2) is 0 Å². The lowest BCUT2D eigenvalue weighted by molar-refractivity contribution is -0.143. The van der Waals surface area contributed by atoms with Gasteiger partial charge in [-0.05, 0) is 37.3 Å². The minimum absolute atomic E-state index is 0.0887. The van der Waals surface area contributed by atoms with Gasteiger partial charge in [-0.2, -0.15) is 0 Å². The maximum Gasteiger partial charge on any atom is 0.306 e. The van der Waals surface area contributed by atoms with Gasteiger partial charge in [-0.25, -0.2) is 0 Å². The van der Waals surface area contributed by atoms with Crippen molar-refractivity contribution in [3.05, 3.63) is 29.8 Å². The van der Waals surface area contributed by atoms with Crippen LogP contribution in [0.3, 0.4) is 0 Å². The average molecular weight is 233 g/mol. The first-order valence-corrected chi connectivity index (χ1v) is 6.29. The number of hydrogen-bond donors (Lipinski definition) is 1. The SMILES string of the molecule is CCOC(=O)CC1CCCNc2ccccc21. The highest BCUT2D eigenvalue weighted by molar-refractivity contribution is 5.71. The van der Waals surface area contributed by atoms with Gasteiger partial charge in [-0.3, -0.25) is 4.79 Å². The zero-order valence-electron chi connectivity index (χ0n) is 10.2. The van der Waals surface area contributed by atoms with Crippen LogP contribution in [0, 0.1) is 0 Å². The highest BCUT2D eigenvalue weighted by atomic mass is 16.5. The first kappa shape index (κ1) is 12.0. The topological polar surface area (TPSA) is 38.3 Å². The monoisotopic (exact) mass is 233 g/mol. The van der Waals surface area contributed by atoms with Crippen molar-refractivity contribution in [2.45, 2.75) is 32.1 Å². The van der Waals surface area contributed by atoms with Gasteiger partial charge in [0.25, 0.3) is 0 Å². The smallest absolute Gasteiger partial charge is 0.306 e. The van der Waals surface area contributed by atoms with Crippen molar-refractivity contribution in [2.24, 2.45) is 0 Å². The van der Waals surface area contributed by atoms with Crippen LogP contribution in [0.4, 0.5) is 5.69 Å². The van der Waals surface area contributed by atoms with Crippen molar-refractivity contribution < 1.29 is 9.53 Å². The van der Waals surface area contributed by atoms with E-state index >= 15 is 0 Å². The summed E-state index contributed by atoms with van der Waals surface area (Å²) in [7, 11) is 0. The number of anilines is 1. The third kappa shape index (κ3) is 2.99. The number of carbonyl (C=O) groups is 1. The lowest BCUT2D eigenvalue weighted by Crippen LogP contribution is -2.10. The van der Waals surface area contributed by atoms with E-state index in [0.29, 0.717) is 18.9 Å². The molecule has 0 radical (unpaired) electrons. The Kier molecular flexibility index (Phi) is 4.02. The Balaban J connectivity index is 2.14. The minimum atomic E-state index is -0.0887. The predicted octanol–water partition coefficient (Wildman–Crippen LogP) is 2.93. The minimum Gasteiger partial charge on any atom is -0.466 e. The molecule has 1 aliphatic heterocycles. The second kappa shape index (κ2) is 5.71. The standard InChI is InChI=1S/C14H19NO2/c1-2-17-14(16)10-11-6-5-9-15-13-8-4-3-7-12(11)13/h3-4,7-8,11,15H,2,5-6,9-10H2,1H3. The molecular weight excluding hydrogens is 214 g/mol. The molecule has 0 spiro atoms. The third-order valence-electron chi connectivity index (χ3n) is 3.16. The summed E-state index contributed by atoms with van der Waals surface area (Å²) in [5.41, 5.74) is 2.41. The molecule has 0 aliphatic carbocycles. The molecule has 1 N–H and O–H groups in total. The number of carbonyl (C=O) groups excluding carboxylic acids is 1. The van der Waals surface area contributed by atoms with Crippen molar-refractivity contribution in [3.8, 4) is 0 Å². The van der Waals surface area contributed by atoms with E-state index < -0.39 is 0 Å². The second-order valence-electron chi connectivity index (χ2n) is 4.36. The molecule has 1 aromatic carbocycles. The van der Waals surface area contributed by atoms with E-state index in [-0.39, 0.29) is 5.97 Å². The third-order valence-corrected chi connectivity index (χ3v) is 3.16. The Morgan fingerprint density at radius 1 is 1.47 bits per heavy atom. The van der Waals surface area contributed by atoms with E-state index in [1.807, 2.05) is 19.1 Å². The Hall–Kier alpha value is -1.51. The quantitative estimate of drug-likeness (QED) is 0.816. The van der Waals surface area contributed by atoms with E-state index in [0.717, 1.165) is 19.4 Å². The highest BCUT2D eigenvalue weighted by Crippen LogP contribution is 2.33. The number of esters is 1. The van der Waals surface area contributed by atoms with Crippen LogP contribution in [0.2, 0.25) is 0 Å². The van der Waals surface area contributed by atoms with Crippen LogP contribution in [0.15, 0.2) is 24.3 Å². The van der Waals surface area contributed by atoms with Gasteiger partial charge >= 0.3 is 5.97 Å². The molecule has 1 atom stereocenters. The summed E-state index contributed by atoms with van der Waals surface area (Å²) in [4.78, 5) is 11.6. The first-order valence-electron chi connectivity index (χ1n) is 6.29. The molecule has 0 aromatic heterocycles. The van der Waals surface area contributed by atoms with Crippen molar-refractivity contribution in [1.82, 2.24) is 0 Å². The molecule has 1 aromatic rings. The summed E-state index contributed by atoms with van der Waals surface area (Å²) in [6.45, 7) is 3.29. The zero-order valence-corrected chi connectivity index (χ0v) is 10.2. The molecule has 0 fully saturated rings. The van der Waals surface area contributed by atoms with Crippen molar-refractivity contribution in [2.75, 3.05) is 18.5 Å². The van der Waals surface area contributed by atoms with Gasteiger partial charge in [-0.1, -0.05) is 18.2 Å². The van der Waals surface area contributed by atoms with Crippen LogP contribution in [0.1, 0.15) is 37.7 Å². The summed E-state index contributed by atoms with van der Waals surface area (Å²) in [6.07, 6.45) is 2.63. The van der Waals surface area contributed by atoms with Crippen molar-refractivity contribution >= 4 is 11.7 Å². The van der Waals surface area contributed by atoms with Gasteiger partial charge in [0.1, 0.15) is 0 Å². The Labute approximate surface area is 102 Å². The van der Waals surface area contributed by atoms with E-state index in [4.69, 9.17) is 4.74 Å². The zero-order chi connectivity index (χ0) is 12.1. The Bertz CT molecular complexity index is 390. The molecule has 1 unspecified atom stereocenters. The maximum absolute atomic E-state index is 11.6. The molecule has 92 valence electrons. The van der Waals surface area contributed by atoms with E-state index in [9.17, 15) is 4.79 Å². The lowest BCUT2D eigenvalue weighted by Gasteiger charge is -2.16. The number of benzene rings is 1. The molecule has 0 saturated heterocycles. The number of ether oxygens (including phenoxy) is 1. The lowest BCUT2D eigenvalue weighted by atomic mass is 9.91. The van der Waals surface area contributed by atoms with Gasteiger partial charge in [0.2, 0.25) is 0 Å². The van der Waals surface area contributed by atoms with Crippen LogP contribution in [-0.4, -0.2) is 19.1 Å². The number of para-hydroxylation sites is 1. The first-order chi connectivity index (χ1) is 8.31. The summed E-state index contributed by atoms with van der Waals surface area (Å²) in [6, 6.07) is 8.25. The van der Waals surface area contributed by atoms with E-state index in [1.54, 1.807) is 0 Å². The summed E-state index contributed by atoms with van der Waals surface area (Å²) >= 11 is 0. The molecular formula is C14H19NO2.